The Kier molecular flexibility index (Phi) is 5.01. The van der Waals surface area contributed by atoms with Gasteiger partial charge in [-0.2, -0.15) is 18.3 Å². The first-order valence-corrected chi connectivity index (χ1v) is 8.97. The fraction of sp³-hybridized carbons (Fsp3) is 0.150. The van der Waals surface area contributed by atoms with Crippen molar-refractivity contribution in [3.63, 3.8) is 0 Å². The van der Waals surface area contributed by atoms with Gasteiger partial charge in [0.1, 0.15) is 0 Å². The highest BCUT2D eigenvalue weighted by molar-refractivity contribution is 6.00. The number of alkyl halides is 3. The number of aromatic nitrogens is 2. The summed E-state index contributed by atoms with van der Waals surface area (Å²) in [6, 6.07) is 10.6. The van der Waals surface area contributed by atoms with Crippen molar-refractivity contribution in [3.05, 3.63) is 71.0 Å². The van der Waals surface area contributed by atoms with Gasteiger partial charge < -0.3 is 9.47 Å². The third-order valence-corrected chi connectivity index (χ3v) is 4.55. The quantitative estimate of drug-likeness (QED) is 0.621. The van der Waals surface area contributed by atoms with Crippen molar-refractivity contribution < 1.29 is 32.2 Å². The number of carbonyl (C=O) groups excluding carboxylic acids is 2. The molecule has 0 spiro atoms. The lowest BCUT2D eigenvalue weighted by Gasteiger charge is -2.14. The van der Waals surface area contributed by atoms with E-state index < -0.39 is 29.2 Å². The topological polar surface area (TPSA) is 94.5 Å². The van der Waals surface area contributed by atoms with Gasteiger partial charge >= 0.3 is 6.18 Å². The lowest BCUT2D eigenvalue weighted by Crippen LogP contribution is -2.42. The molecule has 0 unspecified atom stereocenters. The van der Waals surface area contributed by atoms with Crippen LogP contribution < -0.4 is 20.3 Å². The number of rotatable bonds is 3. The van der Waals surface area contributed by atoms with Crippen LogP contribution in [-0.4, -0.2) is 28.4 Å². The van der Waals surface area contributed by atoms with E-state index in [9.17, 15) is 22.8 Å². The van der Waals surface area contributed by atoms with Crippen LogP contribution in [0.15, 0.2) is 48.7 Å². The second-order valence-corrected chi connectivity index (χ2v) is 6.58. The van der Waals surface area contributed by atoms with E-state index in [4.69, 9.17) is 9.47 Å². The molecule has 1 aromatic heterocycles. The summed E-state index contributed by atoms with van der Waals surface area (Å²) in [6.07, 6.45) is -4.07. The standard InChI is InChI=1S/C20H15F3N4O4/c1-11-4-2-3-5-14(11)27-17(20(21,22)23)13(9-24-27)19(29)26-25-18(28)12-6-7-15-16(8-12)31-10-30-15/h2-9H,10H2,1H3,(H,25,28)(H,26,29). The predicted molar refractivity (Wildman–Crippen MR) is 101 cm³/mol. The summed E-state index contributed by atoms with van der Waals surface area (Å²) >= 11 is 0. The average molecular weight is 432 g/mol. The number of para-hydroxylation sites is 1. The molecule has 31 heavy (non-hydrogen) atoms. The molecule has 0 radical (unpaired) electrons. The molecule has 2 aromatic carbocycles. The molecule has 0 fully saturated rings. The minimum atomic E-state index is -4.87. The molecule has 0 saturated heterocycles. The number of halogens is 3. The van der Waals surface area contributed by atoms with Crippen LogP contribution in [-0.2, 0) is 6.18 Å². The first-order chi connectivity index (χ1) is 14.8. The third-order valence-electron chi connectivity index (χ3n) is 4.55. The van der Waals surface area contributed by atoms with Crippen LogP contribution in [0, 0.1) is 6.92 Å². The van der Waals surface area contributed by atoms with Crippen LogP contribution >= 0.6 is 0 Å². The summed E-state index contributed by atoms with van der Waals surface area (Å²) in [4.78, 5) is 24.7. The number of hydrazine groups is 1. The fourth-order valence-electron chi connectivity index (χ4n) is 3.06. The number of fused-ring (bicyclic) bond motifs is 1. The minimum absolute atomic E-state index is 0.0161. The molecule has 0 saturated carbocycles. The SMILES string of the molecule is Cc1ccccc1-n1ncc(C(=O)NNC(=O)c2ccc3c(c2)OCO3)c1C(F)(F)F. The summed E-state index contributed by atoms with van der Waals surface area (Å²) in [5.41, 5.74) is 2.93. The normalized spacial score (nSPS) is 12.5. The summed E-state index contributed by atoms with van der Waals surface area (Å²) in [6.45, 7) is 1.64. The number of ether oxygens (including phenoxy) is 2. The smallest absolute Gasteiger partial charge is 0.434 e. The Morgan fingerprint density at radius 1 is 1.03 bits per heavy atom. The van der Waals surface area contributed by atoms with Crippen molar-refractivity contribution >= 4 is 11.8 Å². The van der Waals surface area contributed by atoms with Gasteiger partial charge in [0.15, 0.2) is 17.2 Å². The number of amides is 2. The zero-order valence-corrected chi connectivity index (χ0v) is 16.0. The average Bonchev–Trinajstić information content (AvgIpc) is 3.38. The minimum Gasteiger partial charge on any atom is -0.454 e. The Balaban J connectivity index is 1.56. The molecular formula is C20H15F3N4O4. The first-order valence-electron chi connectivity index (χ1n) is 8.97. The van der Waals surface area contributed by atoms with Crippen LogP contribution in [0.4, 0.5) is 13.2 Å². The number of benzene rings is 2. The second-order valence-electron chi connectivity index (χ2n) is 6.58. The number of hydrogen-bond acceptors (Lipinski definition) is 5. The zero-order valence-electron chi connectivity index (χ0n) is 16.0. The summed E-state index contributed by atoms with van der Waals surface area (Å²) < 4.78 is 52.2. The number of carbonyl (C=O) groups is 2. The Labute approximate surface area is 173 Å². The molecule has 1 aliphatic rings. The second kappa shape index (κ2) is 7.67. The summed E-state index contributed by atoms with van der Waals surface area (Å²) in [5, 5.41) is 3.75. The Bertz CT molecular complexity index is 1170. The van der Waals surface area contributed by atoms with Gasteiger partial charge in [0.2, 0.25) is 6.79 Å². The molecule has 2 heterocycles. The molecule has 0 bridgehead atoms. The van der Waals surface area contributed by atoms with E-state index in [0.29, 0.717) is 21.7 Å². The van der Waals surface area contributed by atoms with E-state index in [2.05, 4.69) is 10.5 Å². The van der Waals surface area contributed by atoms with Crippen molar-refractivity contribution in [2.24, 2.45) is 0 Å². The summed E-state index contributed by atoms with van der Waals surface area (Å²) in [7, 11) is 0. The Hall–Kier alpha value is -4.02. The molecular weight excluding hydrogens is 417 g/mol. The molecule has 8 nitrogen and oxygen atoms in total. The van der Waals surface area contributed by atoms with Gasteiger partial charge in [-0.25, -0.2) is 4.68 Å². The van der Waals surface area contributed by atoms with Crippen LogP contribution in [0.1, 0.15) is 32.0 Å². The predicted octanol–water partition coefficient (Wildman–Crippen LogP) is 3.00. The Morgan fingerprint density at radius 2 is 1.74 bits per heavy atom. The number of nitrogens with one attached hydrogen (secondary N) is 2. The van der Waals surface area contributed by atoms with Gasteiger partial charge in [0, 0.05) is 5.56 Å². The molecule has 0 aliphatic carbocycles. The van der Waals surface area contributed by atoms with Gasteiger partial charge in [-0.3, -0.25) is 20.4 Å². The van der Waals surface area contributed by atoms with Crippen LogP contribution in [0.5, 0.6) is 11.5 Å². The molecule has 11 heteroatoms. The number of hydrogen-bond donors (Lipinski definition) is 2. The van der Waals surface area contributed by atoms with Gasteiger partial charge in [0.25, 0.3) is 11.8 Å². The lowest BCUT2D eigenvalue weighted by molar-refractivity contribution is -0.143. The van der Waals surface area contributed by atoms with E-state index in [1.807, 2.05) is 5.43 Å². The van der Waals surface area contributed by atoms with Crippen LogP contribution in [0.3, 0.4) is 0 Å². The lowest BCUT2D eigenvalue weighted by atomic mass is 10.2. The Morgan fingerprint density at radius 3 is 2.48 bits per heavy atom. The van der Waals surface area contributed by atoms with E-state index in [0.717, 1.165) is 6.20 Å². The van der Waals surface area contributed by atoms with E-state index >= 15 is 0 Å². The van der Waals surface area contributed by atoms with Crippen LogP contribution in [0.2, 0.25) is 0 Å². The number of aryl methyl sites for hydroxylation is 1. The van der Waals surface area contributed by atoms with Gasteiger partial charge in [0.05, 0.1) is 17.4 Å². The molecule has 1 aliphatic heterocycles. The van der Waals surface area contributed by atoms with E-state index in [1.54, 1.807) is 25.1 Å². The summed E-state index contributed by atoms with van der Waals surface area (Å²) in [5.74, 6) is -1.11. The fourth-order valence-corrected chi connectivity index (χ4v) is 3.06. The highest BCUT2D eigenvalue weighted by atomic mass is 19.4. The van der Waals surface area contributed by atoms with E-state index in [1.165, 1.54) is 24.3 Å². The molecule has 2 N–H and O–H groups in total. The highest BCUT2D eigenvalue weighted by Crippen LogP contribution is 2.34. The van der Waals surface area contributed by atoms with Crippen LogP contribution in [0.25, 0.3) is 5.69 Å². The van der Waals surface area contributed by atoms with Gasteiger partial charge in [-0.05, 0) is 36.8 Å². The van der Waals surface area contributed by atoms with E-state index in [-0.39, 0.29) is 18.0 Å². The van der Waals surface area contributed by atoms with Crippen molar-refractivity contribution in [3.8, 4) is 17.2 Å². The maximum Gasteiger partial charge on any atom is 0.434 e. The molecule has 3 aromatic rings. The largest absolute Gasteiger partial charge is 0.454 e. The van der Waals surface area contributed by atoms with Gasteiger partial charge in [-0.15, -0.1) is 0 Å². The van der Waals surface area contributed by atoms with Crippen molar-refractivity contribution in [1.82, 2.24) is 20.6 Å². The molecule has 2 amide bonds. The maximum atomic E-state index is 13.8. The maximum absolute atomic E-state index is 13.8. The monoisotopic (exact) mass is 432 g/mol. The van der Waals surface area contributed by atoms with Crippen molar-refractivity contribution in [2.75, 3.05) is 6.79 Å². The van der Waals surface area contributed by atoms with Crippen molar-refractivity contribution in [2.45, 2.75) is 13.1 Å². The molecule has 0 atom stereocenters. The first kappa shape index (κ1) is 20.3. The van der Waals surface area contributed by atoms with Crippen molar-refractivity contribution in [1.29, 1.82) is 0 Å². The molecule has 4 rings (SSSR count). The third kappa shape index (κ3) is 3.89. The highest BCUT2D eigenvalue weighted by Gasteiger charge is 2.40. The zero-order chi connectivity index (χ0) is 22.2. The molecule has 160 valence electrons. The number of nitrogens with zero attached hydrogens (tertiary/aromatic N) is 2. The van der Waals surface area contributed by atoms with Gasteiger partial charge in [-0.1, -0.05) is 18.2 Å².